The van der Waals surface area contributed by atoms with Gasteiger partial charge in [0.1, 0.15) is 35.7 Å². The summed E-state index contributed by atoms with van der Waals surface area (Å²) in [6.07, 6.45) is 5.03. The standard InChI is InChI=1S/C25H27FN2O5/c1-16(30)25-27-10-11-28(25)19(13-29)7-4-17-2-5-18(6-3-17)21-9-8-20(12-22(21)26)33-24-15-32-14-23(24)31/h2-12,16,19,23-24,29-31H,13-15H2,1H3/b7-4+. The number of rotatable bonds is 8. The van der Waals surface area contributed by atoms with E-state index in [4.69, 9.17) is 9.47 Å². The molecule has 1 saturated heterocycles. The van der Waals surface area contributed by atoms with Gasteiger partial charge in [0, 0.05) is 24.0 Å². The summed E-state index contributed by atoms with van der Waals surface area (Å²) in [5.41, 5.74) is 2.03. The smallest absolute Gasteiger partial charge is 0.150 e. The third kappa shape index (κ3) is 5.31. The molecule has 0 saturated carbocycles. The van der Waals surface area contributed by atoms with Crippen molar-refractivity contribution in [2.24, 2.45) is 0 Å². The maximum atomic E-state index is 14.7. The highest BCUT2D eigenvalue weighted by atomic mass is 19.1. The minimum atomic E-state index is -0.745. The van der Waals surface area contributed by atoms with Gasteiger partial charge >= 0.3 is 0 Å². The monoisotopic (exact) mass is 454 g/mol. The highest BCUT2D eigenvalue weighted by Crippen LogP contribution is 2.28. The van der Waals surface area contributed by atoms with E-state index in [1.54, 1.807) is 36.0 Å². The first-order valence-corrected chi connectivity index (χ1v) is 10.8. The Morgan fingerprint density at radius 3 is 2.67 bits per heavy atom. The molecule has 174 valence electrons. The zero-order valence-corrected chi connectivity index (χ0v) is 18.2. The number of hydrogen-bond donors (Lipinski definition) is 3. The van der Waals surface area contributed by atoms with Crippen LogP contribution in [0.3, 0.4) is 0 Å². The van der Waals surface area contributed by atoms with Crippen LogP contribution in [0.2, 0.25) is 0 Å². The van der Waals surface area contributed by atoms with E-state index in [1.807, 2.05) is 36.4 Å². The molecule has 1 aliphatic rings. The summed E-state index contributed by atoms with van der Waals surface area (Å²) < 4.78 is 27.2. The summed E-state index contributed by atoms with van der Waals surface area (Å²) in [5.74, 6) is 0.402. The predicted molar refractivity (Wildman–Crippen MR) is 121 cm³/mol. The fourth-order valence-corrected chi connectivity index (χ4v) is 3.78. The Kier molecular flexibility index (Phi) is 7.20. The average molecular weight is 454 g/mol. The summed E-state index contributed by atoms with van der Waals surface area (Å²) in [7, 11) is 0. The van der Waals surface area contributed by atoms with Gasteiger partial charge in [-0.05, 0) is 30.2 Å². The van der Waals surface area contributed by atoms with Gasteiger partial charge in [0.25, 0.3) is 0 Å². The van der Waals surface area contributed by atoms with E-state index in [2.05, 4.69) is 4.98 Å². The lowest BCUT2D eigenvalue weighted by molar-refractivity contribution is 0.0731. The fraction of sp³-hybridized carbons (Fsp3) is 0.320. The molecular formula is C25H27FN2O5. The molecule has 1 fully saturated rings. The number of aliphatic hydroxyl groups is 3. The van der Waals surface area contributed by atoms with Crippen LogP contribution in [0.4, 0.5) is 4.39 Å². The first kappa shape index (κ1) is 23.1. The number of ether oxygens (including phenoxy) is 2. The molecule has 4 rings (SSSR count). The van der Waals surface area contributed by atoms with Gasteiger partial charge in [-0.15, -0.1) is 0 Å². The highest BCUT2D eigenvalue weighted by Gasteiger charge is 2.28. The van der Waals surface area contributed by atoms with Crippen molar-refractivity contribution in [3.63, 3.8) is 0 Å². The highest BCUT2D eigenvalue weighted by molar-refractivity contribution is 5.67. The molecule has 2 heterocycles. The van der Waals surface area contributed by atoms with Crippen LogP contribution in [0.15, 0.2) is 60.9 Å². The van der Waals surface area contributed by atoms with Crippen molar-refractivity contribution < 1.29 is 29.2 Å². The van der Waals surface area contributed by atoms with Crippen molar-refractivity contribution in [2.45, 2.75) is 31.3 Å². The summed E-state index contributed by atoms with van der Waals surface area (Å²) in [4.78, 5) is 4.14. The quantitative estimate of drug-likeness (QED) is 0.484. The zero-order chi connectivity index (χ0) is 23.4. The molecule has 0 bridgehead atoms. The van der Waals surface area contributed by atoms with Crippen LogP contribution in [0.25, 0.3) is 17.2 Å². The average Bonchev–Trinajstić information content (AvgIpc) is 3.45. The van der Waals surface area contributed by atoms with Gasteiger partial charge in [-0.25, -0.2) is 9.37 Å². The lowest BCUT2D eigenvalue weighted by atomic mass is 10.0. The number of benzene rings is 2. The van der Waals surface area contributed by atoms with E-state index in [1.165, 1.54) is 6.07 Å². The molecule has 0 radical (unpaired) electrons. The van der Waals surface area contributed by atoms with E-state index < -0.39 is 24.1 Å². The van der Waals surface area contributed by atoms with E-state index >= 15 is 0 Å². The second-order valence-electron chi connectivity index (χ2n) is 8.00. The molecule has 33 heavy (non-hydrogen) atoms. The second-order valence-corrected chi connectivity index (χ2v) is 8.00. The molecule has 3 N–H and O–H groups in total. The third-order valence-electron chi connectivity index (χ3n) is 5.58. The fourth-order valence-electron chi connectivity index (χ4n) is 3.78. The predicted octanol–water partition coefficient (Wildman–Crippen LogP) is 3.13. The van der Waals surface area contributed by atoms with Gasteiger partial charge in [0.2, 0.25) is 0 Å². The van der Waals surface area contributed by atoms with Gasteiger partial charge in [0.05, 0.1) is 25.9 Å². The number of aliphatic hydroxyl groups excluding tert-OH is 3. The Morgan fingerprint density at radius 2 is 2.03 bits per heavy atom. The molecule has 0 aliphatic carbocycles. The van der Waals surface area contributed by atoms with Crippen LogP contribution in [-0.2, 0) is 4.74 Å². The maximum absolute atomic E-state index is 14.7. The molecule has 4 atom stereocenters. The van der Waals surface area contributed by atoms with Crippen molar-refractivity contribution in [1.29, 1.82) is 0 Å². The maximum Gasteiger partial charge on any atom is 0.150 e. The number of hydrogen-bond acceptors (Lipinski definition) is 6. The minimum absolute atomic E-state index is 0.145. The van der Waals surface area contributed by atoms with Crippen molar-refractivity contribution in [3.8, 4) is 16.9 Å². The van der Waals surface area contributed by atoms with Gasteiger partial charge in [-0.2, -0.15) is 0 Å². The topological polar surface area (TPSA) is 97.0 Å². The summed E-state index contributed by atoms with van der Waals surface area (Å²) in [6.45, 7) is 1.97. The molecule has 2 aromatic carbocycles. The number of aromatic nitrogens is 2. The van der Waals surface area contributed by atoms with Gasteiger partial charge in [-0.1, -0.05) is 36.4 Å². The minimum Gasteiger partial charge on any atom is -0.485 e. The number of imidazole rings is 1. The lowest BCUT2D eigenvalue weighted by Gasteiger charge is -2.16. The molecule has 1 aliphatic heterocycles. The van der Waals surface area contributed by atoms with Crippen LogP contribution in [0, 0.1) is 5.82 Å². The van der Waals surface area contributed by atoms with Gasteiger partial charge in [0.15, 0.2) is 0 Å². The molecule has 0 amide bonds. The SMILES string of the molecule is CC(O)c1nccn1C(/C=C/c1ccc(-c2ccc(OC3COCC3O)cc2F)cc1)CO. The van der Waals surface area contributed by atoms with Crippen LogP contribution < -0.4 is 4.74 Å². The van der Waals surface area contributed by atoms with Crippen molar-refractivity contribution >= 4 is 6.08 Å². The summed E-state index contributed by atoms with van der Waals surface area (Å²) in [6, 6.07) is 11.6. The Hall–Kier alpha value is -3.04. The van der Waals surface area contributed by atoms with Crippen molar-refractivity contribution in [1.82, 2.24) is 9.55 Å². The normalized spacial score (nSPS) is 20.3. The van der Waals surface area contributed by atoms with Crippen LogP contribution >= 0.6 is 0 Å². The molecular weight excluding hydrogens is 427 g/mol. The summed E-state index contributed by atoms with van der Waals surface area (Å²) >= 11 is 0. The van der Waals surface area contributed by atoms with E-state index in [-0.39, 0.29) is 25.9 Å². The molecule has 3 aromatic rings. The lowest BCUT2D eigenvalue weighted by Crippen LogP contribution is -2.29. The van der Waals surface area contributed by atoms with Gasteiger partial charge < -0.3 is 29.4 Å². The Morgan fingerprint density at radius 1 is 1.24 bits per heavy atom. The van der Waals surface area contributed by atoms with Crippen LogP contribution in [0.1, 0.15) is 30.5 Å². The van der Waals surface area contributed by atoms with E-state index in [0.29, 0.717) is 22.7 Å². The zero-order valence-electron chi connectivity index (χ0n) is 18.2. The molecule has 7 nitrogen and oxygen atoms in total. The largest absolute Gasteiger partial charge is 0.485 e. The van der Waals surface area contributed by atoms with Crippen LogP contribution in [0.5, 0.6) is 5.75 Å². The molecule has 4 unspecified atom stereocenters. The Balaban J connectivity index is 1.46. The Bertz CT molecular complexity index is 1100. The molecule has 8 heteroatoms. The van der Waals surface area contributed by atoms with E-state index in [0.717, 1.165) is 5.56 Å². The Labute approximate surface area is 191 Å². The van der Waals surface area contributed by atoms with Gasteiger partial charge in [-0.3, -0.25) is 0 Å². The van der Waals surface area contributed by atoms with Crippen LogP contribution in [-0.4, -0.2) is 56.9 Å². The first-order valence-electron chi connectivity index (χ1n) is 10.8. The van der Waals surface area contributed by atoms with Crippen molar-refractivity contribution in [2.75, 3.05) is 19.8 Å². The van der Waals surface area contributed by atoms with E-state index in [9.17, 15) is 19.7 Å². The molecule has 0 spiro atoms. The first-order chi connectivity index (χ1) is 16.0. The summed E-state index contributed by atoms with van der Waals surface area (Å²) in [5, 5.41) is 29.4. The second kappa shape index (κ2) is 10.3. The third-order valence-corrected chi connectivity index (χ3v) is 5.58. The number of nitrogens with zero attached hydrogens (tertiary/aromatic N) is 2. The number of halogens is 1. The molecule has 1 aromatic heterocycles. The van der Waals surface area contributed by atoms with Crippen molar-refractivity contribution in [3.05, 3.63) is 78.1 Å².